The van der Waals surface area contributed by atoms with E-state index in [1.54, 1.807) is 0 Å². The summed E-state index contributed by atoms with van der Waals surface area (Å²) < 4.78 is 5.69. The summed E-state index contributed by atoms with van der Waals surface area (Å²) in [7, 11) is 0. The molecule has 2 nitrogen and oxygen atoms in total. The molecule has 0 fully saturated rings. The highest BCUT2D eigenvalue weighted by molar-refractivity contribution is 5.82. The van der Waals surface area contributed by atoms with Crippen molar-refractivity contribution in [1.82, 2.24) is 0 Å². The lowest BCUT2D eigenvalue weighted by atomic mass is 9.87. The topological polar surface area (TPSA) is 26.3 Å². The van der Waals surface area contributed by atoms with E-state index in [2.05, 4.69) is 19.9 Å². The molecule has 0 saturated heterocycles. The van der Waals surface area contributed by atoms with E-state index in [1.165, 1.54) is 5.56 Å². The van der Waals surface area contributed by atoms with Crippen molar-refractivity contribution in [3.05, 3.63) is 29.8 Å². The minimum atomic E-state index is 0.0560. The minimum absolute atomic E-state index is 0.0560. The average molecular weight is 246 g/mol. The fourth-order valence-corrected chi connectivity index (χ4v) is 2.56. The molecule has 0 aromatic heterocycles. The van der Waals surface area contributed by atoms with Gasteiger partial charge in [-0.15, -0.1) is 0 Å². The van der Waals surface area contributed by atoms with Crippen molar-refractivity contribution in [2.45, 2.75) is 39.5 Å². The Kier molecular flexibility index (Phi) is 4.40. The molecule has 0 N–H and O–H groups in total. The number of carbonyl (C=O) groups is 1. The third-order valence-corrected chi connectivity index (χ3v) is 3.98. The Morgan fingerprint density at radius 2 is 2.06 bits per heavy atom. The van der Waals surface area contributed by atoms with Gasteiger partial charge in [-0.1, -0.05) is 44.9 Å². The lowest BCUT2D eigenvalue weighted by Crippen LogP contribution is -2.29. The highest BCUT2D eigenvalue weighted by atomic mass is 16.5. The van der Waals surface area contributed by atoms with Gasteiger partial charge in [-0.05, 0) is 24.0 Å². The summed E-state index contributed by atoms with van der Waals surface area (Å²) in [6, 6.07) is 8.03. The van der Waals surface area contributed by atoms with Gasteiger partial charge >= 0.3 is 0 Å². The van der Waals surface area contributed by atoms with Crippen molar-refractivity contribution in [3.63, 3.8) is 0 Å². The Bertz CT molecular complexity index is 407. The van der Waals surface area contributed by atoms with Crippen LogP contribution in [0.3, 0.4) is 0 Å². The highest BCUT2D eigenvalue weighted by Crippen LogP contribution is 2.28. The van der Waals surface area contributed by atoms with Gasteiger partial charge in [0.25, 0.3) is 0 Å². The maximum absolute atomic E-state index is 12.3. The summed E-state index contributed by atoms with van der Waals surface area (Å²) in [5.74, 6) is 1.91. The molecule has 0 spiro atoms. The third-order valence-electron chi connectivity index (χ3n) is 3.98. The highest BCUT2D eigenvalue weighted by Gasteiger charge is 2.26. The molecule has 0 radical (unpaired) electrons. The van der Waals surface area contributed by atoms with Gasteiger partial charge in [0.1, 0.15) is 11.5 Å². The molecule has 0 saturated carbocycles. The first-order valence-corrected chi connectivity index (χ1v) is 6.98. The van der Waals surface area contributed by atoms with E-state index in [-0.39, 0.29) is 5.92 Å². The Morgan fingerprint density at radius 1 is 1.33 bits per heavy atom. The van der Waals surface area contributed by atoms with Crippen LogP contribution < -0.4 is 4.74 Å². The summed E-state index contributed by atoms with van der Waals surface area (Å²) in [5, 5.41) is 0. The van der Waals surface area contributed by atoms with Gasteiger partial charge in [-0.25, -0.2) is 0 Å². The number of hydrogen-bond acceptors (Lipinski definition) is 2. The minimum Gasteiger partial charge on any atom is -0.493 e. The molecule has 2 heteroatoms. The molecule has 1 atom stereocenters. The lowest BCUT2D eigenvalue weighted by molar-refractivity contribution is -0.125. The molecule has 1 aromatic rings. The molecule has 98 valence electrons. The molecule has 0 amide bonds. The van der Waals surface area contributed by atoms with Crippen LogP contribution in [-0.4, -0.2) is 12.4 Å². The van der Waals surface area contributed by atoms with Gasteiger partial charge in [0.2, 0.25) is 0 Å². The van der Waals surface area contributed by atoms with Crippen LogP contribution in [0.15, 0.2) is 24.3 Å². The predicted molar refractivity (Wildman–Crippen MR) is 72.8 cm³/mol. The first-order chi connectivity index (χ1) is 8.74. The van der Waals surface area contributed by atoms with E-state index in [0.717, 1.165) is 25.0 Å². The van der Waals surface area contributed by atoms with Crippen LogP contribution in [0.4, 0.5) is 0 Å². The Balaban J connectivity index is 1.98. The first-order valence-electron chi connectivity index (χ1n) is 6.98. The maximum Gasteiger partial charge on any atom is 0.139 e. The summed E-state index contributed by atoms with van der Waals surface area (Å²) in [6.07, 6.45) is 3.73. The second-order valence-electron chi connectivity index (χ2n) is 5.17. The fourth-order valence-electron chi connectivity index (χ4n) is 2.56. The van der Waals surface area contributed by atoms with E-state index in [4.69, 9.17) is 4.74 Å². The second kappa shape index (κ2) is 6.03. The van der Waals surface area contributed by atoms with E-state index >= 15 is 0 Å². The maximum atomic E-state index is 12.3. The molecular formula is C16H22O2. The van der Waals surface area contributed by atoms with E-state index in [0.29, 0.717) is 24.7 Å². The predicted octanol–water partition coefficient (Wildman–Crippen LogP) is 3.63. The summed E-state index contributed by atoms with van der Waals surface area (Å²) in [6.45, 7) is 4.87. The normalized spacial score (nSPS) is 18.3. The summed E-state index contributed by atoms with van der Waals surface area (Å²) in [5.41, 5.74) is 1.17. The number of hydrogen-bond donors (Lipinski definition) is 0. The van der Waals surface area contributed by atoms with E-state index in [9.17, 15) is 4.79 Å². The number of ether oxygens (including phenoxy) is 1. The number of benzene rings is 1. The zero-order valence-electron chi connectivity index (χ0n) is 11.3. The third kappa shape index (κ3) is 2.92. The van der Waals surface area contributed by atoms with Gasteiger partial charge in [0.15, 0.2) is 0 Å². The zero-order chi connectivity index (χ0) is 13.0. The number of para-hydroxylation sites is 1. The van der Waals surface area contributed by atoms with E-state index in [1.807, 2.05) is 18.2 Å². The zero-order valence-corrected chi connectivity index (χ0v) is 11.3. The average Bonchev–Trinajstić information content (AvgIpc) is 2.44. The molecule has 1 aliphatic heterocycles. The van der Waals surface area contributed by atoms with Crippen molar-refractivity contribution in [2.75, 3.05) is 6.61 Å². The van der Waals surface area contributed by atoms with Crippen LogP contribution in [0, 0.1) is 11.8 Å². The number of carbonyl (C=O) groups excluding carboxylic acids is 1. The Labute approximate surface area is 109 Å². The fraction of sp³-hybridized carbons (Fsp3) is 0.562. The van der Waals surface area contributed by atoms with Crippen LogP contribution in [0.25, 0.3) is 0 Å². The van der Waals surface area contributed by atoms with Crippen LogP contribution in [-0.2, 0) is 11.2 Å². The number of Topliss-reactive ketones (excluding diaryl/α,β-unsaturated/α-hetero) is 1. The van der Waals surface area contributed by atoms with Crippen LogP contribution in [0.2, 0.25) is 0 Å². The first kappa shape index (κ1) is 13.1. The number of rotatable bonds is 5. The van der Waals surface area contributed by atoms with Gasteiger partial charge in [0, 0.05) is 6.42 Å². The lowest BCUT2D eigenvalue weighted by Gasteiger charge is -2.25. The van der Waals surface area contributed by atoms with Crippen molar-refractivity contribution >= 4 is 5.78 Å². The number of fused-ring (bicyclic) bond motifs is 1. The van der Waals surface area contributed by atoms with Crippen molar-refractivity contribution in [3.8, 4) is 5.75 Å². The van der Waals surface area contributed by atoms with Crippen LogP contribution >= 0.6 is 0 Å². The van der Waals surface area contributed by atoms with Crippen LogP contribution in [0.1, 0.15) is 38.7 Å². The quantitative estimate of drug-likeness (QED) is 0.793. The van der Waals surface area contributed by atoms with E-state index < -0.39 is 0 Å². The van der Waals surface area contributed by atoms with Crippen molar-refractivity contribution in [1.29, 1.82) is 0 Å². The van der Waals surface area contributed by atoms with Crippen LogP contribution in [0.5, 0.6) is 5.75 Å². The molecular weight excluding hydrogens is 224 g/mol. The molecule has 1 heterocycles. The van der Waals surface area contributed by atoms with Gasteiger partial charge in [-0.2, -0.15) is 0 Å². The van der Waals surface area contributed by atoms with Gasteiger partial charge < -0.3 is 4.74 Å². The van der Waals surface area contributed by atoms with Gasteiger partial charge in [0.05, 0.1) is 12.5 Å². The summed E-state index contributed by atoms with van der Waals surface area (Å²) in [4.78, 5) is 12.3. The summed E-state index contributed by atoms with van der Waals surface area (Å²) >= 11 is 0. The molecule has 1 unspecified atom stereocenters. The SMILES string of the molecule is CCC(CC)CC(=O)C1COc2ccccc2C1. The van der Waals surface area contributed by atoms with Gasteiger partial charge in [-0.3, -0.25) is 4.79 Å². The van der Waals surface area contributed by atoms with Crippen molar-refractivity contribution in [2.24, 2.45) is 11.8 Å². The molecule has 1 aromatic carbocycles. The molecule has 0 bridgehead atoms. The smallest absolute Gasteiger partial charge is 0.139 e. The Morgan fingerprint density at radius 3 is 2.78 bits per heavy atom. The molecule has 2 rings (SSSR count). The second-order valence-corrected chi connectivity index (χ2v) is 5.17. The number of ketones is 1. The van der Waals surface area contributed by atoms with Crippen molar-refractivity contribution < 1.29 is 9.53 Å². The molecule has 1 aliphatic rings. The monoisotopic (exact) mass is 246 g/mol. The molecule has 0 aliphatic carbocycles. The standard InChI is InChI=1S/C16H22O2/c1-3-12(4-2)9-15(17)14-10-13-7-5-6-8-16(13)18-11-14/h5-8,12,14H,3-4,9-11H2,1-2H3. The molecule has 18 heavy (non-hydrogen) atoms. The largest absolute Gasteiger partial charge is 0.493 e. The Hall–Kier alpha value is -1.31.